The fourth-order valence-electron chi connectivity index (χ4n) is 4.63. The number of phenols is 2. The van der Waals surface area contributed by atoms with Crippen molar-refractivity contribution in [1.29, 1.82) is 0 Å². The van der Waals surface area contributed by atoms with Crippen molar-refractivity contribution in [3.05, 3.63) is 81.8 Å². The number of carbonyl (C=O) groups excluding carboxylic acids is 3. The molecule has 2 aliphatic heterocycles. The molecule has 0 unspecified atom stereocenters. The number of nitrogen functional groups attached to an aromatic ring is 1. The minimum absolute atomic E-state index is 0. The number of nitrogens with one attached hydrogen (secondary N) is 1. The van der Waals surface area contributed by atoms with Gasteiger partial charge in [0.1, 0.15) is 23.7 Å². The number of carboxylic acid groups (broad SMARTS) is 1. The standard InChI is InChI=1S/C29H24N6O7S4.Na/c30-28-31-18(13-44-28)21(34-42-9-14-4-2-1-3-5-14)24(38)33-22-25(39)35-23(27(40)41)16(10-43-26(22)35)11-45-29-32-17(12-46-29)15-6-7-19(36)20(37)8-15;/h1-8,12-13,22,26,36-37H,9-11H2,(H2,30,31)(H,33,38)(H,40,41);/q;+1/p-1/t22-,26+;/m1./s1. The van der Waals surface area contributed by atoms with Crippen LogP contribution in [-0.4, -0.2) is 71.5 Å². The Balaban J connectivity index is 0.00000433. The quantitative estimate of drug-likeness (QED) is 0.0383. The van der Waals surface area contributed by atoms with E-state index < -0.39 is 29.2 Å². The normalized spacial score (nSPS) is 17.4. The molecule has 13 nitrogen and oxygen atoms in total. The van der Waals surface area contributed by atoms with Crippen LogP contribution in [0.2, 0.25) is 0 Å². The molecule has 2 amide bonds. The number of amides is 2. The van der Waals surface area contributed by atoms with Crippen molar-refractivity contribution >= 4 is 74.8 Å². The van der Waals surface area contributed by atoms with Crippen molar-refractivity contribution < 1.29 is 64.1 Å². The number of aromatic hydroxyl groups is 2. The van der Waals surface area contributed by atoms with Gasteiger partial charge in [-0.15, -0.1) is 34.4 Å². The van der Waals surface area contributed by atoms with Crippen LogP contribution in [0, 0.1) is 0 Å². The van der Waals surface area contributed by atoms with Crippen LogP contribution in [0.5, 0.6) is 11.5 Å². The molecule has 2 aliphatic rings. The summed E-state index contributed by atoms with van der Waals surface area (Å²) < 4.78 is 0.643. The molecule has 4 aromatic rings. The molecule has 0 spiro atoms. The number of β-lactam (4-membered cyclic amide) rings is 1. The van der Waals surface area contributed by atoms with Crippen LogP contribution in [0.1, 0.15) is 11.3 Å². The Morgan fingerprint density at radius 3 is 2.62 bits per heavy atom. The Labute approximate surface area is 306 Å². The fraction of sp³-hybridized carbons (Fsp3) is 0.172. The zero-order valence-electron chi connectivity index (χ0n) is 24.5. The Morgan fingerprint density at radius 2 is 1.91 bits per heavy atom. The number of phenolic OH excluding ortho intramolecular Hbond substituents is 2. The number of hydrogen-bond donors (Lipinski definition) is 4. The van der Waals surface area contributed by atoms with E-state index in [9.17, 15) is 29.7 Å². The van der Waals surface area contributed by atoms with Gasteiger partial charge >= 0.3 is 29.6 Å². The molecule has 2 aromatic heterocycles. The number of aliphatic carboxylic acids is 1. The van der Waals surface area contributed by atoms with Gasteiger partial charge in [-0.05, 0) is 29.3 Å². The second-order valence-electron chi connectivity index (χ2n) is 9.86. The number of thiazole rings is 2. The summed E-state index contributed by atoms with van der Waals surface area (Å²) in [6, 6.07) is 12.6. The Hall–Kier alpha value is -3.58. The third kappa shape index (κ3) is 7.61. The summed E-state index contributed by atoms with van der Waals surface area (Å²) in [5, 5.41) is 41.1. The van der Waals surface area contributed by atoms with Gasteiger partial charge in [0.25, 0.3) is 11.8 Å². The summed E-state index contributed by atoms with van der Waals surface area (Å²) >= 11 is 5.07. The molecule has 6 rings (SSSR count). The number of anilines is 1. The molecule has 0 bridgehead atoms. The Morgan fingerprint density at radius 1 is 1.13 bits per heavy atom. The van der Waals surface area contributed by atoms with Crippen molar-refractivity contribution in [3.8, 4) is 22.8 Å². The van der Waals surface area contributed by atoms with Gasteiger partial charge in [0.05, 0.1) is 17.4 Å². The number of nitrogens with two attached hydrogens (primary N) is 1. The number of benzene rings is 2. The molecule has 18 heteroatoms. The van der Waals surface area contributed by atoms with Crippen LogP contribution in [0.25, 0.3) is 11.3 Å². The van der Waals surface area contributed by atoms with Crippen molar-refractivity contribution in [3.63, 3.8) is 0 Å². The van der Waals surface area contributed by atoms with E-state index in [-0.39, 0.29) is 81.4 Å². The first-order valence-corrected chi connectivity index (χ1v) is 17.2. The molecule has 1 saturated heterocycles. The Kier molecular flexibility index (Phi) is 11.2. The minimum Gasteiger partial charge on any atom is -0.543 e. The van der Waals surface area contributed by atoms with E-state index in [1.807, 2.05) is 30.3 Å². The van der Waals surface area contributed by atoms with Gasteiger partial charge in [-0.25, -0.2) is 9.97 Å². The van der Waals surface area contributed by atoms with Gasteiger partial charge < -0.3 is 36.0 Å². The van der Waals surface area contributed by atoms with Gasteiger partial charge in [-0.3, -0.25) is 14.5 Å². The molecule has 236 valence electrons. The van der Waals surface area contributed by atoms with Crippen LogP contribution >= 0.6 is 46.2 Å². The number of aromatic nitrogens is 2. The summed E-state index contributed by atoms with van der Waals surface area (Å²) in [6.07, 6.45) is 0. The van der Waals surface area contributed by atoms with Crippen molar-refractivity contribution in [2.45, 2.75) is 22.4 Å². The summed E-state index contributed by atoms with van der Waals surface area (Å²) in [7, 11) is 0. The summed E-state index contributed by atoms with van der Waals surface area (Å²) in [6.45, 7) is 0.0924. The van der Waals surface area contributed by atoms with Gasteiger partial charge in [-0.1, -0.05) is 47.2 Å². The summed E-state index contributed by atoms with van der Waals surface area (Å²) in [5.41, 5.74) is 8.05. The maximum atomic E-state index is 13.3. The van der Waals surface area contributed by atoms with Gasteiger partial charge in [-0.2, -0.15) is 0 Å². The van der Waals surface area contributed by atoms with E-state index in [1.165, 1.54) is 47.0 Å². The SMILES string of the molecule is Nc1nc(C(=NOCc2ccccc2)C(=O)N[C@@H]2C(=O)N3C(C(=O)[O-])=C(CSc4nc(-c5ccc(O)c(O)c5)cs4)CS[C@@H]23)cs1.[Na+]. The molecule has 2 aromatic carbocycles. The molecular weight excluding hydrogens is 696 g/mol. The maximum absolute atomic E-state index is 13.3. The molecule has 47 heavy (non-hydrogen) atoms. The third-order valence-electron chi connectivity index (χ3n) is 6.86. The number of thioether (sulfide) groups is 2. The van der Waals surface area contributed by atoms with Gasteiger partial charge in [0, 0.05) is 27.8 Å². The average Bonchev–Trinajstić information content (AvgIpc) is 3.71. The first kappa shape index (κ1) is 34.7. The van der Waals surface area contributed by atoms with E-state index in [0.29, 0.717) is 21.2 Å². The van der Waals surface area contributed by atoms with Crippen LogP contribution < -0.4 is 45.7 Å². The van der Waals surface area contributed by atoms with Crippen molar-refractivity contribution in [1.82, 2.24) is 20.2 Å². The Bertz CT molecular complexity index is 1880. The molecule has 0 saturated carbocycles. The first-order chi connectivity index (χ1) is 22.2. The van der Waals surface area contributed by atoms with Gasteiger partial charge in [0.15, 0.2) is 26.7 Å². The van der Waals surface area contributed by atoms with Crippen molar-refractivity contribution in [2.75, 3.05) is 17.2 Å². The predicted octanol–water partition coefficient (Wildman–Crippen LogP) is -0.619. The molecule has 2 atom stereocenters. The monoisotopic (exact) mass is 718 g/mol. The van der Waals surface area contributed by atoms with Crippen molar-refractivity contribution in [2.24, 2.45) is 5.16 Å². The number of fused-ring (bicyclic) bond motifs is 1. The second kappa shape index (κ2) is 15.1. The van der Waals surface area contributed by atoms with E-state index in [2.05, 4.69) is 20.4 Å². The zero-order valence-corrected chi connectivity index (χ0v) is 29.8. The number of hydrogen-bond acceptors (Lipinski definition) is 15. The van der Waals surface area contributed by atoms with E-state index in [0.717, 1.165) is 21.8 Å². The summed E-state index contributed by atoms with van der Waals surface area (Å²) in [4.78, 5) is 54.1. The molecular formula is C29H23N6NaO7S4. The third-order valence-corrected chi connectivity index (χ3v) is 11.0. The predicted molar refractivity (Wildman–Crippen MR) is 173 cm³/mol. The number of carbonyl (C=O) groups is 3. The second-order valence-corrected chi connectivity index (χ2v) is 13.9. The molecule has 5 N–H and O–H groups in total. The van der Waals surface area contributed by atoms with Crippen LogP contribution in [0.3, 0.4) is 0 Å². The summed E-state index contributed by atoms with van der Waals surface area (Å²) in [5.74, 6) is -2.80. The zero-order chi connectivity index (χ0) is 32.4. The largest absolute Gasteiger partial charge is 1.00 e. The van der Waals surface area contributed by atoms with Crippen LogP contribution in [0.4, 0.5) is 5.13 Å². The number of oxime groups is 1. The van der Waals surface area contributed by atoms with E-state index in [4.69, 9.17) is 10.6 Å². The molecule has 4 heterocycles. The van der Waals surface area contributed by atoms with E-state index in [1.54, 1.807) is 16.8 Å². The topological polar surface area (TPSA) is 203 Å². The average molecular weight is 719 g/mol. The fourth-order valence-corrected chi connectivity index (χ4v) is 8.49. The minimum atomic E-state index is -1.49. The maximum Gasteiger partial charge on any atom is 1.00 e. The number of nitrogens with zero attached hydrogens (tertiary/aromatic N) is 4. The van der Waals surface area contributed by atoms with Crippen LogP contribution in [0.15, 0.2) is 80.1 Å². The first-order valence-electron chi connectivity index (χ1n) is 13.4. The number of carboxylic acids is 1. The van der Waals surface area contributed by atoms with E-state index >= 15 is 0 Å². The smallest absolute Gasteiger partial charge is 0.543 e. The molecule has 0 aliphatic carbocycles. The molecule has 1 fully saturated rings. The molecule has 0 radical (unpaired) electrons. The van der Waals surface area contributed by atoms with Crippen LogP contribution in [-0.2, 0) is 25.8 Å². The number of rotatable bonds is 11. The van der Waals surface area contributed by atoms with Gasteiger partial charge in [0.2, 0.25) is 0 Å².